The van der Waals surface area contributed by atoms with E-state index < -0.39 is 17.6 Å². The Labute approximate surface area is 154 Å². The summed E-state index contributed by atoms with van der Waals surface area (Å²) in [7, 11) is 1.57. The lowest BCUT2D eigenvalue weighted by atomic mass is 10.1. The number of ether oxygens (including phenoxy) is 2. The fourth-order valence-electron chi connectivity index (χ4n) is 2.83. The standard InChI is InChI=1S/C19H15N3O5/c1-11(23)27-18-14-6-7-22(10-12-4-3-5-13(8-12)26-2)17(14)15(9-20)21-16(18)19(24)25/h3-8H,10H2,1-2H3,(H,24,25). The van der Waals surface area contributed by atoms with Crippen molar-refractivity contribution < 1.29 is 24.2 Å². The van der Waals surface area contributed by atoms with Crippen LogP contribution in [0.5, 0.6) is 11.5 Å². The maximum atomic E-state index is 11.5. The number of carboxylic acids is 1. The summed E-state index contributed by atoms with van der Waals surface area (Å²) in [4.78, 5) is 26.8. The Morgan fingerprint density at radius 1 is 1.33 bits per heavy atom. The van der Waals surface area contributed by atoms with Gasteiger partial charge in [-0.1, -0.05) is 12.1 Å². The second kappa shape index (κ2) is 7.17. The van der Waals surface area contributed by atoms with Crippen molar-refractivity contribution in [2.45, 2.75) is 13.5 Å². The number of pyridine rings is 1. The third-order valence-electron chi connectivity index (χ3n) is 3.91. The lowest BCUT2D eigenvalue weighted by Gasteiger charge is -2.11. The van der Waals surface area contributed by atoms with Crippen molar-refractivity contribution in [1.82, 2.24) is 9.55 Å². The average Bonchev–Trinajstić information content (AvgIpc) is 3.05. The molecule has 0 atom stereocenters. The topological polar surface area (TPSA) is 114 Å². The molecule has 2 aromatic heterocycles. The van der Waals surface area contributed by atoms with Gasteiger partial charge in [0.1, 0.15) is 11.8 Å². The van der Waals surface area contributed by atoms with E-state index in [9.17, 15) is 20.0 Å². The van der Waals surface area contributed by atoms with Crippen LogP contribution in [0.25, 0.3) is 10.9 Å². The van der Waals surface area contributed by atoms with Crippen LogP contribution in [-0.4, -0.2) is 33.7 Å². The Bertz CT molecular complexity index is 1090. The molecule has 0 fully saturated rings. The molecule has 0 aliphatic carbocycles. The zero-order valence-electron chi connectivity index (χ0n) is 14.6. The maximum absolute atomic E-state index is 11.5. The Balaban J connectivity index is 2.20. The number of hydrogen-bond acceptors (Lipinski definition) is 6. The van der Waals surface area contributed by atoms with Gasteiger partial charge in [-0.15, -0.1) is 0 Å². The molecule has 8 nitrogen and oxygen atoms in total. The Morgan fingerprint density at radius 3 is 2.74 bits per heavy atom. The van der Waals surface area contributed by atoms with Crippen LogP contribution >= 0.6 is 0 Å². The second-order valence-corrected chi connectivity index (χ2v) is 5.71. The van der Waals surface area contributed by atoms with Crippen LogP contribution in [-0.2, 0) is 11.3 Å². The number of nitrogens with zero attached hydrogens (tertiary/aromatic N) is 3. The third-order valence-corrected chi connectivity index (χ3v) is 3.91. The fourth-order valence-corrected chi connectivity index (χ4v) is 2.83. The van der Waals surface area contributed by atoms with E-state index >= 15 is 0 Å². The minimum absolute atomic E-state index is 0.0637. The van der Waals surface area contributed by atoms with E-state index in [2.05, 4.69) is 4.98 Å². The van der Waals surface area contributed by atoms with Gasteiger partial charge in [0.05, 0.1) is 12.6 Å². The molecule has 0 amide bonds. The average molecular weight is 365 g/mol. The summed E-state index contributed by atoms with van der Waals surface area (Å²) in [6.45, 7) is 1.56. The highest BCUT2D eigenvalue weighted by Crippen LogP contribution is 2.32. The van der Waals surface area contributed by atoms with Gasteiger partial charge in [-0.2, -0.15) is 5.26 Å². The lowest BCUT2D eigenvalue weighted by Crippen LogP contribution is -2.11. The summed E-state index contributed by atoms with van der Waals surface area (Å²) < 4.78 is 12.1. The SMILES string of the molecule is COc1cccc(Cn2ccc3c(OC(C)=O)c(C(=O)O)nc(C#N)c32)c1. The molecule has 136 valence electrons. The van der Waals surface area contributed by atoms with Crippen molar-refractivity contribution in [3.05, 3.63) is 53.5 Å². The number of hydrogen-bond donors (Lipinski definition) is 1. The highest BCUT2D eigenvalue weighted by atomic mass is 16.5. The van der Waals surface area contributed by atoms with Crippen LogP contribution in [0.2, 0.25) is 0 Å². The van der Waals surface area contributed by atoms with Crippen LogP contribution in [0, 0.1) is 11.3 Å². The van der Waals surface area contributed by atoms with E-state index in [0.717, 1.165) is 5.56 Å². The summed E-state index contributed by atoms with van der Waals surface area (Å²) in [6, 6.07) is 10.9. The minimum atomic E-state index is -1.38. The van der Waals surface area contributed by atoms with E-state index in [1.54, 1.807) is 23.9 Å². The normalized spacial score (nSPS) is 10.4. The van der Waals surface area contributed by atoms with Crippen molar-refractivity contribution in [2.75, 3.05) is 7.11 Å². The van der Waals surface area contributed by atoms with Gasteiger partial charge in [0.2, 0.25) is 0 Å². The molecule has 3 rings (SSSR count). The van der Waals surface area contributed by atoms with E-state index in [1.165, 1.54) is 6.92 Å². The predicted molar refractivity (Wildman–Crippen MR) is 94.8 cm³/mol. The monoisotopic (exact) mass is 365 g/mol. The summed E-state index contributed by atoms with van der Waals surface area (Å²) in [6.07, 6.45) is 1.69. The highest BCUT2D eigenvalue weighted by Gasteiger charge is 2.24. The van der Waals surface area contributed by atoms with Crippen molar-refractivity contribution in [3.63, 3.8) is 0 Å². The molecule has 0 unspecified atom stereocenters. The highest BCUT2D eigenvalue weighted by molar-refractivity contribution is 6.01. The van der Waals surface area contributed by atoms with Crippen LogP contribution in [0.3, 0.4) is 0 Å². The molecule has 2 heterocycles. The molecule has 1 aromatic carbocycles. The van der Waals surface area contributed by atoms with Gasteiger partial charge in [-0.25, -0.2) is 9.78 Å². The number of methoxy groups -OCH3 is 1. The van der Waals surface area contributed by atoms with Gasteiger partial charge in [-0.3, -0.25) is 4.79 Å². The minimum Gasteiger partial charge on any atom is -0.497 e. The maximum Gasteiger partial charge on any atom is 0.358 e. The smallest absolute Gasteiger partial charge is 0.358 e. The molecule has 8 heteroatoms. The number of carbonyl (C=O) groups excluding carboxylic acids is 1. The number of fused-ring (bicyclic) bond motifs is 1. The van der Waals surface area contributed by atoms with Crippen LogP contribution in [0.1, 0.15) is 28.7 Å². The molecule has 3 aromatic rings. The quantitative estimate of drug-likeness (QED) is 0.691. The van der Waals surface area contributed by atoms with Crippen molar-refractivity contribution in [3.8, 4) is 17.6 Å². The molecule has 0 aliphatic rings. The number of aromatic carboxylic acids is 1. The molecule has 0 saturated carbocycles. The van der Waals surface area contributed by atoms with Crippen molar-refractivity contribution in [2.24, 2.45) is 0 Å². The van der Waals surface area contributed by atoms with Crippen LogP contribution in [0.15, 0.2) is 36.5 Å². The number of benzene rings is 1. The summed E-state index contributed by atoms with van der Waals surface area (Å²) >= 11 is 0. The third kappa shape index (κ3) is 3.43. The first-order chi connectivity index (χ1) is 12.9. The molecule has 0 saturated heterocycles. The van der Waals surface area contributed by atoms with Gasteiger partial charge in [-0.05, 0) is 23.8 Å². The van der Waals surface area contributed by atoms with Crippen LogP contribution < -0.4 is 9.47 Å². The first-order valence-electron chi connectivity index (χ1n) is 7.92. The van der Waals surface area contributed by atoms with Crippen molar-refractivity contribution >= 4 is 22.8 Å². The summed E-state index contributed by atoms with van der Waals surface area (Å²) in [5.41, 5.74) is 0.758. The van der Waals surface area contributed by atoms with Gasteiger partial charge in [0, 0.05) is 25.1 Å². The lowest BCUT2D eigenvalue weighted by molar-refractivity contribution is -0.131. The largest absolute Gasteiger partial charge is 0.497 e. The molecule has 0 aliphatic heterocycles. The van der Waals surface area contributed by atoms with Gasteiger partial charge < -0.3 is 19.1 Å². The van der Waals surface area contributed by atoms with Gasteiger partial charge in [0.15, 0.2) is 17.1 Å². The van der Waals surface area contributed by atoms with Gasteiger partial charge >= 0.3 is 11.9 Å². The zero-order valence-corrected chi connectivity index (χ0v) is 14.6. The number of aromatic nitrogens is 2. The number of esters is 1. The molecule has 0 radical (unpaired) electrons. The first-order valence-corrected chi connectivity index (χ1v) is 7.92. The molecular weight excluding hydrogens is 350 g/mol. The number of carboxylic acid groups (broad SMARTS) is 1. The molecular formula is C19H15N3O5. The Morgan fingerprint density at radius 2 is 2.11 bits per heavy atom. The Hall–Kier alpha value is -3.86. The molecule has 0 bridgehead atoms. The fraction of sp³-hybridized carbons (Fsp3) is 0.158. The van der Waals surface area contributed by atoms with E-state index in [-0.39, 0.29) is 11.4 Å². The van der Waals surface area contributed by atoms with Crippen molar-refractivity contribution in [1.29, 1.82) is 5.26 Å². The van der Waals surface area contributed by atoms with E-state index in [0.29, 0.717) is 23.2 Å². The number of carbonyl (C=O) groups is 2. The molecule has 27 heavy (non-hydrogen) atoms. The molecule has 1 N–H and O–H groups in total. The number of nitriles is 1. The van der Waals surface area contributed by atoms with E-state index in [4.69, 9.17) is 9.47 Å². The van der Waals surface area contributed by atoms with E-state index in [1.807, 2.05) is 30.3 Å². The molecule has 0 spiro atoms. The van der Waals surface area contributed by atoms with Gasteiger partial charge in [0.25, 0.3) is 0 Å². The predicted octanol–water partition coefficient (Wildman–Crippen LogP) is 2.59. The Kier molecular flexibility index (Phi) is 4.77. The first kappa shape index (κ1) is 17.9. The zero-order chi connectivity index (χ0) is 19.6. The number of rotatable bonds is 5. The second-order valence-electron chi connectivity index (χ2n) is 5.71. The summed E-state index contributed by atoms with van der Waals surface area (Å²) in [5, 5.41) is 19.2. The van der Waals surface area contributed by atoms with Crippen LogP contribution in [0.4, 0.5) is 0 Å². The summed E-state index contributed by atoms with van der Waals surface area (Å²) in [5.74, 6) is -1.54.